The first-order valence-electron chi connectivity index (χ1n) is 6.42. The van der Waals surface area contributed by atoms with Gasteiger partial charge in [-0.05, 0) is 37.9 Å². The van der Waals surface area contributed by atoms with Crippen LogP contribution in [0.2, 0.25) is 0 Å². The number of rotatable bonds is 5. The maximum absolute atomic E-state index is 5.85. The first-order chi connectivity index (χ1) is 7.95. The Morgan fingerprint density at radius 3 is 2.35 bits per heavy atom. The van der Waals surface area contributed by atoms with Crippen molar-refractivity contribution >= 4 is 0 Å². The van der Waals surface area contributed by atoms with Crippen LogP contribution in [0.1, 0.15) is 30.5 Å². The zero-order chi connectivity index (χ0) is 13.0. The first-order valence-corrected chi connectivity index (χ1v) is 6.42. The Morgan fingerprint density at radius 2 is 1.88 bits per heavy atom. The highest BCUT2D eigenvalue weighted by atomic mass is 15.1. The van der Waals surface area contributed by atoms with E-state index in [2.05, 4.69) is 57.8 Å². The molecule has 1 aromatic carbocycles. The van der Waals surface area contributed by atoms with E-state index in [1.54, 1.807) is 0 Å². The van der Waals surface area contributed by atoms with Crippen LogP contribution in [0, 0.1) is 19.8 Å². The van der Waals surface area contributed by atoms with Gasteiger partial charge < -0.3 is 5.73 Å². The molecule has 0 radical (unpaired) electrons. The fourth-order valence-corrected chi connectivity index (χ4v) is 2.37. The van der Waals surface area contributed by atoms with Crippen molar-refractivity contribution in [3.05, 3.63) is 34.9 Å². The highest BCUT2D eigenvalue weighted by Crippen LogP contribution is 2.16. The molecule has 0 aliphatic heterocycles. The van der Waals surface area contributed by atoms with Crippen LogP contribution in [0.4, 0.5) is 0 Å². The van der Waals surface area contributed by atoms with Gasteiger partial charge in [0.1, 0.15) is 0 Å². The molecular formula is C15H26N2. The second kappa shape index (κ2) is 6.18. The van der Waals surface area contributed by atoms with Crippen molar-refractivity contribution in [3.63, 3.8) is 0 Å². The number of likely N-dealkylation sites (N-methyl/N-ethyl adjacent to an activating group) is 1. The van der Waals surface area contributed by atoms with Gasteiger partial charge in [0.05, 0.1) is 0 Å². The average Bonchev–Trinajstić information content (AvgIpc) is 2.22. The summed E-state index contributed by atoms with van der Waals surface area (Å²) in [4.78, 5) is 2.36. The third-order valence-electron chi connectivity index (χ3n) is 3.50. The van der Waals surface area contributed by atoms with Crippen LogP contribution in [-0.4, -0.2) is 24.5 Å². The molecule has 1 atom stereocenters. The van der Waals surface area contributed by atoms with Crippen LogP contribution in [0.25, 0.3) is 0 Å². The Balaban J connectivity index is 2.76. The smallest absolute Gasteiger partial charge is 0.0241 e. The maximum atomic E-state index is 5.85. The van der Waals surface area contributed by atoms with Crippen molar-refractivity contribution in [2.24, 2.45) is 11.7 Å². The normalized spacial score (nSPS) is 13.4. The van der Waals surface area contributed by atoms with Gasteiger partial charge in [0.2, 0.25) is 0 Å². The summed E-state index contributed by atoms with van der Waals surface area (Å²) >= 11 is 0. The van der Waals surface area contributed by atoms with Gasteiger partial charge in [-0.15, -0.1) is 0 Å². The van der Waals surface area contributed by atoms with E-state index in [0.29, 0.717) is 12.0 Å². The SMILES string of the molecule is Cc1ccc(CN(C)C(CN)C(C)C)c(C)c1. The minimum Gasteiger partial charge on any atom is -0.329 e. The van der Waals surface area contributed by atoms with Crippen molar-refractivity contribution in [1.82, 2.24) is 4.90 Å². The Bertz CT molecular complexity index is 358. The summed E-state index contributed by atoms with van der Waals surface area (Å²) in [7, 11) is 2.16. The summed E-state index contributed by atoms with van der Waals surface area (Å²) in [6.07, 6.45) is 0. The lowest BCUT2D eigenvalue weighted by Gasteiger charge is -2.30. The highest BCUT2D eigenvalue weighted by Gasteiger charge is 2.17. The van der Waals surface area contributed by atoms with Crippen molar-refractivity contribution in [2.75, 3.05) is 13.6 Å². The zero-order valence-electron chi connectivity index (χ0n) is 11.8. The average molecular weight is 234 g/mol. The number of hydrogen-bond donors (Lipinski definition) is 1. The fourth-order valence-electron chi connectivity index (χ4n) is 2.37. The molecule has 2 nitrogen and oxygen atoms in total. The number of benzene rings is 1. The summed E-state index contributed by atoms with van der Waals surface area (Å²) in [6.45, 7) is 10.5. The molecular weight excluding hydrogens is 208 g/mol. The minimum atomic E-state index is 0.454. The molecule has 2 heteroatoms. The van der Waals surface area contributed by atoms with Gasteiger partial charge in [-0.3, -0.25) is 4.90 Å². The summed E-state index contributed by atoms with van der Waals surface area (Å²) in [6, 6.07) is 7.12. The van der Waals surface area contributed by atoms with Crippen molar-refractivity contribution in [2.45, 2.75) is 40.3 Å². The second-order valence-corrected chi connectivity index (χ2v) is 5.39. The van der Waals surface area contributed by atoms with Gasteiger partial charge in [-0.2, -0.15) is 0 Å². The third-order valence-corrected chi connectivity index (χ3v) is 3.50. The number of aryl methyl sites for hydroxylation is 2. The summed E-state index contributed by atoms with van der Waals surface area (Å²) in [5, 5.41) is 0. The van der Waals surface area contributed by atoms with Crippen molar-refractivity contribution < 1.29 is 0 Å². The molecule has 0 aliphatic rings. The quantitative estimate of drug-likeness (QED) is 0.849. The molecule has 0 heterocycles. The monoisotopic (exact) mass is 234 g/mol. The largest absolute Gasteiger partial charge is 0.329 e. The van der Waals surface area contributed by atoms with Crippen LogP contribution < -0.4 is 5.73 Å². The van der Waals surface area contributed by atoms with E-state index in [9.17, 15) is 0 Å². The van der Waals surface area contributed by atoms with Crippen molar-refractivity contribution in [1.29, 1.82) is 0 Å². The van der Waals surface area contributed by atoms with Crippen LogP contribution in [0.3, 0.4) is 0 Å². The van der Waals surface area contributed by atoms with Crippen LogP contribution in [0.5, 0.6) is 0 Å². The van der Waals surface area contributed by atoms with E-state index < -0.39 is 0 Å². The first kappa shape index (κ1) is 14.2. The predicted octanol–water partition coefficient (Wildman–Crippen LogP) is 2.72. The summed E-state index contributed by atoms with van der Waals surface area (Å²) < 4.78 is 0. The zero-order valence-corrected chi connectivity index (χ0v) is 11.8. The van der Waals surface area contributed by atoms with Crippen LogP contribution in [-0.2, 0) is 6.54 Å². The van der Waals surface area contributed by atoms with Crippen molar-refractivity contribution in [3.8, 4) is 0 Å². The topological polar surface area (TPSA) is 29.3 Å². The molecule has 0 saturated carbocycles. The molecule has 0 fully saturated rings. The van der Waals surface area contributed by atoms with Crippen LogP contribution >= 0.6 is 0 Å². The Labute approximate surface area is 106 Å². The van der Waals surface area contributed by atoms with Gasteiger partial charge in [-0.1, -0.05) is 37.6 Å². The lowest BCUT2D eigenvalue weighted by atomic mass is 10.0. The number of hydrogen-bond acceptors (Lipinski definition) is 2. The number of nitrogens with zero attached hydrogens (tertiary/aromatic N) is 1. The molecule has 1 rings (SSSR count). The summed E-state index contributed by atoms with van der Waals surface area (Å²) in [5.41, 5.74) is 9.95. The molecule has 0 bridgehead atoms. The second-order valence-electron chi connectivity index (χ2n) is 5.39. The molecule has 0 spiro atoms. The van der Waals surface area contributed by atoms with E-state index in [4.69, 9.17) is 5.73 Å². The molecule has 0 saturated heterocycles. The Morgan fingerprint density at radius 1 is 1.24 bits per heavy atom. The maximum Gasteiger partial charge on any atom is 0.0241 e. The Hall–Kier alpha value is -0.860. The lowest BCUT2D eigenvalue weighted by molar-refractivity contribution is 0.189. The van der Waals surface area contributed by atoms with E-state index >= 15 is 0 Å². The minimum absolute atomic E-state index is 0.454. The van der Waals surface area contributed by atoms with Crippen LogP contribution in [0.15, 0.2) is 18.2 Å². The lowest BCUT2D eigenvalue weighted by Crippen LogP contribution is -2.41. The molecule has 0 aromatic heterocycles. The van der Waals surface area contributed by atoms with Gasteiger partial charge in [0.25, 0.3) is 0 Å². The van der Waals surface area contributed by atoms with Gasteiger partial charge in [-0.25, -0.2) is 0 Å². The fraction of sp³-hybridized carbons (Fsp3) is 0.600. The highest BCUT2D eigenvalue weighted by molar-refractivity contribution is 5.30. The Kier molecular flexibility index (Phi) is 5.16. The van der Waals surface area contributed by atoms with E-state index in [1.165, 1.54) is 16.7 Å². The third kappa shape index (κ3) is 3.83. The molecule has 0 amide bonds. The van der Waals surface area contributed by atoms with Gasteiger partial charge >= 0.3 is 0 Å². The molecule has 1 unspecified atom stereocenters. The summed E-state index contributed by atoms with van der Waals surface area (Å²) in [5.74, 6) is 0.593. The van der Waals surface area contributed by atoms with E-state index in [-0.39, 0.29) is 0 Å². The predicted molar refractivity (Wildman–Crippen MR) is 75.1 cm³/mol. The van der Waals surface area contributed by atoms with Gasteiger partial charge in [0.15, 0.2) is 0 Å². The molecule has 0 aliphatic carbocycles. The molecule has 17 heavy (non-hydrogen) atoms. The molecule has 2 N–H and O–H groups in total. The molecule has 96 valence electrons. The number of nitrogens with two attached hydrogens (primary N) is 1. The molecule has 1 aromatic rings. The van der Waals surface area contributed by atoms with E-state index in [1.807, 2.05) is 0 Å². The van der Waals surface area contributed by atoms with E-state index in [0.717, 1.165) is 13.1 Å². The van der Waals surface area contributed by atoms with Gasteiger partial charge in [0, 0.05) is 19.1 Å². The standard InChI is InChI=1S/C15H26N2/c1-11(2)15(9-16)17(5)10-14-7-6-12(3)8-13(14)4/h6-8,11,15H,9-10,16H2,1-5H3.